The van der Waals surface area contributed by atoms with Crippen molar-refractivity contribution < 1.29 is 9.47 Å². The highest BCUT2D eigenvalue weighted by molar-refractivity contribution is 5.21. The number of hydrogen-bond donors (Lipinski definition) is 0. The summed E-state index contributed by atoms with van der Waals surface area (Å²) in [5.41, 5.74) is 0. The predicted molar refractivity (Wildman–Crippen MR) is 36.8 cm³/mol. The summed E-state index contributed by atoms with van der Waals surface area (Å²) in [5.74, 6) is 0.880. The van der Waals surface area contributed by atoms with Crippen molar-refractivity contribution in [1.29, 1.82) is 0 Å². The summed E-state index contributed by atoms with van der Waals surface area (Å²) in [7, 11) is 0. The van der Waals surface area contributed by atoms with Crippen molar-refractivity contribution in [3.05, 3.63) is 30.3 Å². The van der Waals surface area contributed by atoms with Crippen molar-refractivity contribution in [2.45, 2.75) is 6.29 Å². The third-order valence-electron chi connectivity index (χ3n) is 1.31. The average molecular weight is 136 g/mol. The Morgan fingerprint density at radius 3 is 2.60 bits per heavy atom. The molecule has 2 nitrogen and oxygen atoms in total. The van der Waals surface area contributed by atoms with E-state index in [1.165, 1.54) is 0 Å². The van der Waals surface area contributed by atoms with Crippen molar-refractivity contribution in [3.63, 3.8) is 0 Å². The van der Waals surface area contributed by atoms with Gasteiger partial charge in [-0.2, -0.15) is 0 Å². The lowest BCUT2D eigenvalue weighted by Gasteiger charge is -1.98. The van der Waals surface area contributed by atoms with Crippen LogP contribution in [0.4, 0.5) is 0 Å². The highest BCUT2D eigenvalue weighted by Crippen LogP contribution is 2.17. The Morgan fingerprint density at radius 2 is 2.00 bits per heavy atom. The summed E-state index contributed by atoms with van der Waals surface area (Å²) in [4.78, 5) is 0. The van der Waals surface area contributed by atoms with Crippen molar-refractivity contribution in [2.75, 3.05) is 6.61 Å². The van der Waals surface area contributed by atoms with E-state index >= 15 is 0 Å². The first-order chi connectivity index (χ1) is 4.95. The smallest absolute Gasteiger partial charge is 0.223 e. The van der Waals surface area contributed by atoms with E-state index in [9.17, 15) is 0 Å². The summed E-state index contributed by atoms with van der Waals surface area (Å²) in [5, 5.41) is 0. The minimum absolute atomic E-state index is 0.0161. The van der Waals surface area contributed by atoms with Gasteiger partial charge in [0.15, 0.2) is 0 Å². The van der Waals surface area contributed by atoms with Crippen LogP contribution in [0.2, 0.25) is 0 Å². The van der Waals surface area contributed by atoms with Crippen molar-refractivity contribution in [3.8, 4) is 5.75 Å². The fourth-order valence-electron chi connectivity index (χ4n) is 0.758. The van der Waals surface area contributed by atoms with E-state index in [4.69, 9.17) is 9.47 Å². The molecule has 1 aromatic rings. The first-order valence-corrected chi connectivity index (χ1v) is 3.28. The molecule has 0 amide bonds. The van der Waals surface area contributed by atoms with E-state index in [1.54, 1.807) is 0 Å². The average Bonchev–Trinajstić information content (AvgIpc) is 2.74. The molecule has 0 aromatic heterocycles. The van der Waals surface area contributed by atoms with Gasteiger partial charge in [0.1, 0.15) is 12.4 Å². The molecule has 1 unspecified atom stereocenters. The van der Waals surface area contributed by atoms with Gasteiger partial charge in [0.25, 0.3) is 0 Å². The molecule has 2 heteroatoms. The lowest BCUT2D eigenvalue weighted by atomic mass is 10.3. The maximum atomic E-state index is 5.30. The van der Waals surface area contributed by atoms with Crippen LogP contribution in [0.25, 0.3) is 0 Å². The monoisotopic (exact) mass is 136 g/mol. The molecular formula is C8H8O2. The zero-order chi connectivity index (χ0) is 6.81. The Labute approximate surface area is 59.4 Å². The topological polar surface area (TPSA) is 21.8 Å². The summed E-state index contributed by atoms with van der Waals surface area (Å²) < 4.78 is 10.2. The zero-order valence-electron chi connectivity index (χ0n) is 5.49. The number of ether oxygens (including phenoxy) is 2. The SMILES string of the molecule is c1ccc(OC2CO2)cc1. The van der Waals surface area contributed by atoms with Crippen LogP contribution in [0, 0.1) is 0 Å². The molecule has 1 aliphatic rings. The van der Waals surface area contributed by atoms with E-state index in [-0.39, 0.29) is 6.29 Å². The van der Waals surface area contributed by atoms with Gasteiger partial charge in [-0.15, -0.1) is 0 Å². The van der Waals surface area contributed by atoms with Gasteiger partial charge >= 0.3 is 0 Å². The first-order valence-electron chi connectivity index (χ1n) is 3.28. The van der Waals surface area contributed by atoms with Crippen LogP contribution < -0.4 is 4.74 Å². The predicted octanol–water partition coefficient (Wildman–Crippen LogP) is 1.42. The zero-order valence-corrected chi connectivity index (χ0v) is 5.49. The lowest BCUT2D eigenvalue weighted by molar-refractivity contribution is 0.179. The molecule has 1 aliphatic heterocycles. The van der Waals surface area contributed by atoms with Gasteiger partial charge in [-0.3, -0.25) is 0 Å². The summed E-state index contributed by atoms with van der Waals surface area (Å²) in [6.45, 7) is 0.731. The van der Waals surface area contributed by atoms with Gasteiger partial charge < -0.3 is 9.47 Å². The molecule has 1 fully saturated rings. The first kappa shape index (κ1) is 5.74. The van der Waals surface area contributed by atoms with Gasteiger partial charge in [0, 0.05) is 0 Å². The third-order valence-corrected chi connectivity index (χ3v) is 1.31. The van der Waals surface area contributed by atoms with E-state index < -0.39 is 0 Å². The second-order valence-corrected chi connectivity index (χ2v) is 2.19. The van der Waals surface area contributed by atoms with Crippen LogP contribution in [-0.4, -0.2) is 12.9 Å². The molecule has 0 aliphatic carbocycles. The molecule has 10 heavy (non-hydrogen) atoms. The van der Waals surface area contributed by atoms with Crippen LogP contribution in [-0.2, 0) is 4.74 Å². The van der Waals surface area contributed by atoms with Gasteiger partial charge in [0.05, 0.1) is 0 Å². The maximum absolute atomic E-state index is 5.30. The molecule has 0 saturated carbocycles. The second-order valence-electron chi connectivity index (χ2n) is 2.19. The highest BCUT2D eigenvalue weighted by atomic mass is 16.8. The molecule has 0 spiro atoms. The van der Waals surface area contributed by atoms with E-state index in [1.807, 2.05) is 30.3 Å². The Hall–Kier alpha value is -1.02. The number of para-hydroxylation sites is 1. The Balaban J connectivity index is 2.03. The molecule has 0 bridgehead atoms. The van der Waals surface area contributed by atoms with Crippen molar-refractivity contribution in [2.24, 2.45) is 0 Å². The van der Waals surface area contributed by atoms with Gasteiger partial charge in [-0.05, 0) is 12.1 Å². The van der Waals surface area contributed by atoms with Gasteiger partial charge in [-0.1, -0.05) is 18.2 Å². The fourth-order valence-corrected chi connectivity index (χ4v) is 0.758. The molecule has 1 heterocycles. The summed E-state index contributed by atoms with van der Waals surface area (Å²) in [6.07, 6.45) is 0.0161. The van der Waals surface area contributed by atoms with Crippen molar-refractivity contribution >= 4 is 0 Å². The van der Waals surface area contributed by atoms with Crippen LogP contribution in [0.15, 0.2) is 30.3 Å². The Bertz CT molecular complexity index is 204. The summed E-state index contributed by atoms with van der Waals surface area (Å²) >= 11 is 0. The Kier molecular flexibility index (Phi) is 1.32. The molecule has 0 N–H and O–H groups in total. The minimum atomic E-state index is 0.0161. The molecule has 52 valence electrons. The molecule has 1 saturated heterocycles. The minimum Gasteiger partial charge on any atom is -0.462 e. The van der Waals surface area contributed by atoms with E-state index in [0.29, 0.717) is 0 Å². The van der Waals surface area contributed by atoms with Crippen LogP contribution in [0.5, 0.6) is 5.75 Å². The Morgan fingerprint density at radius 1 is 1.30 bits per heavy atom. The quantitative estimate of drug-likeness (QED) is 0.573. The van der Waals surface area contributed by atoms with Crippen LogP contribution in [0.1, 0.15) is 0 Å². The molecule has 1 atom stereocenters. The lowest BCUT2D eigenvalue weighted by Crippen LogP contribution is -1.96. The van der Waals surface area contributed by atoms with Crippen LogP contribution >= 0.6 is 0 Å². The molecule has 1 aromatic carbocycles. The third kappa shape index (κ3) is 1.28. The largest absolute Gasteiger partial charge is 0.462 e. The molecule has 2 rings (SSSR count). The summed E-state index contributed by atoms with van der Waals surface area (Å²) in [6, 6.07) is 9.68. The van der Waals surface area contributed by atoms with E-state index in [0.717, 1.165) is 12.4 Å². The van der Waals surface area contributed by atoms with Gasteiger partial charge in [-0.25, -0.2) is 0 Å². The second kappa shape index (κ2) is 2.31. The number of rotatable bonds is 2. The normalized spacial score (nSPS) is 22.2. The number of epoxide rings is 1. The van der Waals surface area contributed by atoms with Gasteiger partial charge in [0.2, 0.25) is 6.29 Å². The van der Waals surface area contributed by atoms with E-state index in [2.05, 4.69) is 0 Å². The standard InChI is InChI=1S/C8H8O2/c1-2-4-7(5-3-1)10-8-6-9-8/h1-5,8H,6H2. The molecule has 0 radical (unpaired) electrons. The maximum Gasteiger partial charge on any atom is 0.223 e. The highest BCUT2D eigenvalue weighted by Gasteiger charge is 2.24. The fraction of sp³-hybridized carbons (Fsp3) is 0.250. The molecular weight excluding hydrogens is 128 g/mol. The van der Waals surface area contributed by atoms with Crippen molar-refractivity contribution in [1.82, 2.24) is 0 Å². The number of benzene rings is 1. The number of hydrogen-bond acceptors (Lipinski definition) is 2. The van der Waals surface area contributed by atoms with Crippen LogP contribution in [0.3, 0.4) is 0 Å².